The second-order valence-electron chi connectivity index (χ2n) is 2.26. The van der Waals surface area contributed by atoms with Crippen molar-refractivity contribution in [3.05, 3.63) is 0 Å². The van der Waals surface area contributed by atoms with Gasteiger partial charge in [0.15, 0.2) is 0 Å². The van der Waals surface area contributed by atoms with Gasteiger partial charge in [0.25, 0.3) is 0 Å². The molecule has 0 aliphatic rings. The Hall–Kier alpha value is -0.340. The van der Waals surface area contributed by atoms with Crippen LogP contribution in [-0.4, -0.2) is 33.7 Å². The van der Waals surface area contributed by atoms with Crippen molar-refractivity contribution in [1.82, 2.24) is 0 Å². The Balaban J connectivity index is 4.36. The van der Waals surface area contributed by atoms with Crippen LogP contribution < -0.4 is 0 Å². The predicted octanol–water partition coefficient (Wildman–Crippen LogP) is 0.888. The Bertz CT molecular complexity index is 245. The molecule has 0 rings (SSSR count). The average molecular weight is 222 g/mol. The fourth-order valence-electron chi connectivity index (χ4n) is 0.533. The Morgan fingerprint density at radius 3 is 2.15 bits per heavy atom. The first-order valence-electron chi connectivity index (χ1n) is 3.19. The van der Waals surface area contributed by atoms with Crippen LogP contribution in [0.2, 0.25) is 0 Å². The molecule has 13 heavy (non-hydrogen) atoms. The lowest BCUT2D eigenvalue weighted by Gasteiger charge is -2.13. The first-order chi connectivity index (χ1) is 5.70. The zero-order valence-corrected chi connectivity index (χ0v) is 7.78. The summed E-state index contributed by atoms with van der Waals surface area (Å²) in [7, 11) is -4.28. The molecule has 0 N–H and O–H groups in total. The molecule has 80 valence electrons. The molecule has 0 aromatic carbocycles. The summed E-state index contributed by atoms with van der Waals surface area (Å²) in [6.45, 7) is 0.933. The van der Waals surface area contributed by atoms with Gasteiger partial charge in [-0.2, -0.15) is 21.6 Å². The molecule has 0 aliphatic heterocycles. The van der Waals surface area contributed by atoms with Crippen LogP contribution in [0.3, 0.4) is 0 Å². The summed E-state index contributed by atoms with van der Waals surface area (Å²) in [5.74, 6) is 0. The van der Waals surface area contributed by atoms with Crippen molar-refractivity contribution in [3.8, 4) is 0 Å². The zero-order valence-electron chi connectivity index (χ0n) is 6.96. The highest BCUT2D eigenvalue weighted by atomic mass is 32.2. The maximum Gasteiger partial charge on any atom is 0.523 e. The molecule has 4 nitrogen and oxygen atoms in total. The second-order valence-corrected chi connectivity index (χ2v) is 3.83. The van der Waals surface area contributed by atoms with Gasteiger partial charge < -0.3 is 4.74 Å². The minimum absolute atomic E-state index is 0.227. The molecule has 0 radical (unpaired) electrons. The molecule has 0 saturated heterocycles. The molecule has 0 aromatic rings. The van der Waals surface area contributed by atoms with E-state index >= 15 is 0 Å². The average Bonchev–Trinajstić information content (AvgIpc) is 1.83. The first-order valence-corrected chi connectivity index (χ1v) is 4.60. The number of halogens is 3. The van der Waals surface area contributed by atoms with E-state index in [4.69, 9.17) is 0 Å². The molecule has 0 amide bonds. The molecule has 0 bridgehead atoms. The summed E-state index contributed by atoms with van der Waals surface area (Å²) >= 11 is 0. The van der Waals surface area contributed by atoms with Gasteiger partial charge in [-0.05, 0) is 6.92 Å². The van der Waals surface area contributed by atoms with Crippen molar-refractivity contribution in [3.63, 3.8) is 0 Å². The third kappa shape index (κ3) is 3.92. The Kier molecular flexibility index (Phi) is 4.14. The summed E-state index contributed by atoms with van der Waals surface area (Å²) in [5.41, 5.74) is -5.38. The topological polar surface area (TPSA) is 52.6 Å². The van der Waals surface area contributed by atoms with Crippen molar-refractivity contribution >= 4 is 10.1 Å². The SMILES string of the molecule is COCC(C)OS(=O)(=O)C(F)(F)F. The van der Waals surface area contributed by atoms with E-state index in [0.717, 1.165) is 6.92 Å². The summed E-state index contributed by atoms with van der Waals surface area (Å²) in [4.78, 5) is 0. The number of ether oxygens (including phenoxy) is 1. The monoisotopic (exact) mass is 222 g/mol. The van der Waals surface area contributed by atoms with Crippen LogP contribution in [0.1, 0.15) is 6.92 Å². The van der Waals surface area contributed by atoms with Crippen molar-refractivity contribution in [2.24, 2.45) is 0 Å². The summed E-state index contributed by atoms with van der Waals surface area (Å²) in [6, 6.07) is 0. The van der Waals surface area contributed by atoms with Crippen LogP contribution in [0.4, 0.5) is 13.2 Å². The van der Waals surface area contributed by atoms with Gasteiger partial charge in [0.2, 0.25) is 0 Å². The van der Waals surface area contributed by atoms with Gasteiger partial charge in [0.1, 0.15) is 0 Å². The number of alkyl halides is 3. The minimum atomic E-state index is -5.50. The van der Waals surface area contributed by atoms with Crippen LogP contribution in [0.25, 0.3) is 0 Å². The lowest BCUT2D eigenvalue weighted by Crippen LogP contribution is -2.30. The molecule has 1 atom stereocenters. The highest BCUT2D eigenvalue weighted by Crippen LogP contribution is 2.25. The number of rotatable bonds is 4. The summed E-state index contributed by atoms with van der Waals surface area (Å²) in [5, 5.41) is 0. The molecule has 0 heterocycles. The van der Waals surface area contributed by atoms with Crippen LogP contribution >= 0.6 is 0 Å². The third-order valence-corrected chi connectivity index (χ3v) is 2.12. The Morgan fingerprint density at radius 2 is 1.85 bits per heavy atom. The van der Waals surface area contributed by atoms with Crippen molar-refractivity contribution in [2.45, 2.75) is 18.5 Å². The van der Waals surface area contributed by atoms with Gasteiger partial charge >= 0.3 is 15.6 Å². The molecule has 0 aliphatic carbocycles. The largest absolute Gasteiger partial charge is 0.523 e. The normalized spacial score (nSPS) is 15.8. The van der Waals surface area contributed by atoms with Gasteiger partial charge in [0, 0.05) is 7.11 Å². The maximum absolute atomic E-state index is 11.7. The number of hydrogen-bond donors (Lipinski definition) is 0. The smallest absolute Gasteiger partial charge is 0.382 e. The van der Waals surface area contributed by atoms with Crippen LogP contribution in [0, 0.1) is 0 Å². The Labute approximate surface area is 73.8 Å². The van der Waals surface area contributed by atoms with Gasteiger partial charge in [-0.1, -0.05) is 0 Å². The summed E-state index contributed by atoms with van der Waals surface area (Å²) in [6.07, 6.45) is -1.16. The van der Waals surface area contributed by atoms with E-state index in [9.17, 15) is 21.6 Å². The van der Waals surface area contributed by atoms with Crippen molar-refractivity contribution < 1.29 is 30.5 Å². The van der Waals surface area contributed by atoms with Gasteiger partial charge in [-0.3, -0.25) is 4.18 Å². The molecule has 8 heteroatoms. The van der Waals surface area contributed by atoms with Crippen LogP contribution in [0.5, 0.6) is 0 Å². The molecular formula is C5H9F3O4S. The molecule has 0 saturated carbocycles. The molecule has 0 fully saturated rings. The zero-order chi connectivity index (χ0) is 10.7. The summed E-state index contributed by atoms with van der Waals surface area (Å²) < 4.78 is 63.9. The van der Waals surface area contributed by atoms with E-state index in [1.54, 1.807) is 0 Å². The minimum Gasteiger partial charge on any atom is -0.382 e. The lowest BCUT2D eigenvalue weighted by molar-refractivity contribution is -0.0589. The lowest BCUT2D eigenvalue weighted by atomic mass is 10.5. The van der Waals surface area contributed by atoms with Gasteiger partial charge in [-0.15, -0.1) is 0 Å². The molecule has 0 aromatic heterocycles. The maximum atomic E-state index is 11.7. The van der Waals surface area contributed by atoms with Gasteiger partial charge in [-0.25, -0.2) is 0 Å². The van der Waals surface area contributed by atoms with E-state index in [1.807, 2.05) is 0 Å². The first kappa shape index (κ1) is 12.7. The Morgan fingerprint density at radius 1 is 1.38 bits per heavy atom. The molecule has 0 spiro atoms. The number of methoxy groups -OCH3 is 1. The fraction of sp³-hybridized carbons (Fsp3) is 1.00. The van der Waals surface area contributed by atoms with E-state index in [0.29, 0.717) is 0 Å². The molecular weight excluding hydrogens is 213 g/mol. The van der Waals surface area contributed by atoms with E-state index < -0.39 is 21.7 Å². The predicted molar refractivity (Wildman–Crippen MR) is 37.4 cm³/mol. The van der Waals surface area contributed by atoms with Crippen LogP contribution in [0.15, 0.2) is 0 Å². The van der Waals surface area contributed by atoms with Crippen molar-refractivity contribution in [1.29, 1.82) is 0 Å². The molecule has 1 unspecified atom stereocenters. The quantitative estimate of drug-likeness (QED) is 0.523. The highest BCUT2D eigenvalue weighted by Gasteiger charge is 2.48. The third-order valence-electron chi connectivity index (χ3n) is 0.976. The van der Waals surface area contributed by atoms with Crippen molar-refractivity contribution in [2.75, 3.05) is 13.7 Å². The van der Waals surface area contributed by atoms with Crippen LogP contribution in [-0.2, 0) is 19.0 Å². The van der Waals surface area contributed by atoms with E-state index in [1.165, 1.54) is 7.11 Å². The van der Waals surface area contributed by atoms with Gasteiger partial charge in [0.05, 0.1) is 12.7 Å². The van der Waals surface area contributed by atoms with E-state index in [-0.39, 0.29) is 6.61 Å². The van der Waals surface area contributed by atoms with E-state index in [2.05, 4.69) is 8.92 Å². The highest BCUT2D eigenvalue weighted by molar-refractivity contribution is 7.87. The fourth-order valence-corrected chi connectivity index (χ4v) is 1.13. The second kappa shape index (κ2) is 4.25. The number of hydrogen-bond acceptors (Lipinski definition) is 4. The standard InChI is InChI=1S/C5H9F3O4S/c1-4(3-11-2)12-13(9,10)5(6,7)8/h4H,3H2,1-2H3.